The smallest absolute Gasteiger partial charge is 0.317 e. The Morgan fingerprint density at radius 1 is 1.32 bits per heavy atom. The second-order valence-corrected chi connectivity index (χ2v) is 8.25. The minimum absolute atomic E-state index is 0.0986. The van der Waals surface area contributed by atoms with Gasteiger partial charge in [-0.15, -0.1) is 0 Å². The van der Waals surface area contributed by atoms with E-state index < -0.39 is 9.84 Å². The van der Waals surface area contributed by atoms with E-state index in [-0.39, 0.29) is 29.3 Å². The molecule has 2 amide bonds. The van der Waals surface area contributed by atoms with Crippen LogP contribution in [0.4, 0.5) is 4.79 Å². The minimum atomic E-state index is -3.41. The van der Waals surface area contributed by atoms with Gasteiger partial charge in [0.05, 0.1) is 10.6 Å². The third-order valence-corrected chi connectivity index (χ3v) is 6.21. The molecular formula is C15H21ClN2O3S. The van der Waals surface area contributed by atoms with Gasteiger partial charge in [0.15, 0.2) is 9.84 Å². The van der Waals surface area contributed by atoms with Gasteiger partial charge in [-0.25, -0.2) is 13.2 Å². The molecular weight excluding hydrogens is 324 g/mol. The number of urea groups is 1. The van der Waals surface area contributed by atoms with Gasteiger partial charge >= 0.3 is 6.03 Å². The summed E-state index contributed by atoms with van der Waals surface area (Å²) in [5, 5.41) is 3.18. The molecule has 0 spiro atoms. The second-order valence-electron chi connectivity index (χ2n) is 5.70. The topological polar surface area (TPSA) is 66.5 Å². The summed E-state index contributed by atoms with van der Waals surface area (Å²) in [6, 6.07) is 6.03. The van der Waals surface area contributed by atoms with Crippen molar-refractivity contribution < 1.29 is 13.2 Å². The molecule has 1 aromatic carbocycles. The Morgan fingerprint density at radius 2 is 1.95 bits per heavy atom. The molecule has 5 nitrogen and oxygen atoms in total. The number of likely N-dealkylation sites (tertiary alicyclic amines) is 1. The van der Waals surface area contributed by atoms with Gasteiger partial charge in [0.1, 0.15) is 0 Å². The van der Waals surface area contributed by atoms with E-state index in [1.165, 1.54) is 12.1 Å². The highest BCUT2D eigenvalue weighted by Gasteiger charge is 2.30. The van der Waals surface area contributed by atoms with Crippen LogP contribution in [0.1, 0.15) is 20.3 Å². The molecule has 22 heavy (non-hydrogen) atoms. The molecule has 2 unspecified atom stereocenters. The van der Waals surface area contributed by atoms with Crippen molar-refractivity contribution in [3.63, 3.8) is 0 Å². The number of hydrogen-bond acceptors (Lipinski definition) is 3. The Kier molecular flexibility index (Phi) is 5.34. The van der Waals surface area contributed by atoms with Crippen LogP contribution < -0.4 is 5.32 Å². The lowest BCUT2D eigenvalue weighted by molar-refractivity contribution is 0.192. The Hall–Kier alpha value is -1.27. The van der Waals surface area contributed by atoms with E-state index >= 15 is 0 Å². The highest BCUT2D eigenvalue weighted by Crippen LogP contribution is 2.23. The van der Waals surface area contributed by atoms with Crippen LogP contribution >= 0.6 is 11.6 Å². The lowest BCUT2D eigenvalue weighted by Gasteiger charge is -2.23. The van der Waals surface area contributed by atoms with Crippen LogP contribution in [0.25, 0.3) is 0 Å². The third-order valence-electron chi connectivity index (χ3n) is 4.22. The molecule has 1 heterocycles. The number of benzene rings is 1. The summed E-state index contributed by atoms with van der Waals surface area (Å²) in [7, 11) is -3.41. The van der Waals surface area contributed by atoms with Crippen molar-refractivity contribution in [1.29, 1.82) is 0 Å². The molecule has 1 fully saturated rings. The van der Waals surface area contributed by atoms with E-state index in [0.29, 0.717) is 10.9 Å². The van der Waals surface area contributed by atoms with Gasteiger partial charge in [-0.3, -0.25) is 0 Å². The third kappa shape index (κ3) is 3.93. The predicted octanol–water partition coefficient (Wildman–Crippen LogP) is 2.55. The summed E-state index contributed by atoms with van der Waals surface area (Å²) in [5.74, 6) is 0.349. The molecule has 2 rings (SSSR count). The molecule has 0 bridgehead atoms. The maximum atomic E-state index is 12.2. The van der Waals surface area contributed by atoms with Crippen LogP contribution in [0.3, 0.4) is 0 Å². The summed E-state index contributed by atoms with van der Waals surface area (Å²) in [4.78, 5) is 14.1. The van der Waals surface area contributed by atoms with Crippen LogP contribution in [0.5, 0.6) is 0 Å². The molecule has 0 aromatic heterocycles. The highest BCUT2D eigenvalue weighted by atomic mass is 35.5. The number of sulfone groups is 1. The van der Waals surface area contributed by atoms with Crippen LogP contribution in [-0.4, -0.2) is 44.2 Å². The fraction of sp³-hybridized carbons (Fsp3) is 0.533. The monoisotopic (exact) mass is 344 g/mol. The summed E-state index contributed by atoms with van der Waals surface area (Å²) in [5.41, 5.74) is 0. The molecule has 1 N–H and O–H groups in total. The Bertz CT molecular complexity index is 631. The zero-order valence-corrected chi connectivity index (χ0v) is 14.3. The zero-order chi connectivity index (χ0) is 16.3. The van der Waals surface area contributed by atoms with Gasteiger partial charge < -0.3 is 10.2 Å². The predicted molar refractivity (Wildman–Crippen MR) is 86.9 cm³/mol. The highest BCUT2D eigenvalue weighted by molar-refractivity contribution is 7.91. The lowest BCUT2D eigenvalue weighted by atomic mass is 10.1. The molecule has 1 aromatic rings. The summed E-state index contributed by atoms with van der Waals surface area (Å²) < 4.78 is 24.3. The minimum Gasteiger partial charge on any atom is -0.337 e. The van der Waals surface area contributed by atoms with E-state index in [1.54, 1.807) is 17.0 Å². The van der Waals surface area contributed by atoms with E-state index in [1.807, 2.05) is 6.92 Å². The molecule has 2 atom stereocenters. The van der Waals surface area contributed by atoms with E-state index in [0.717, 1.165) is 13.0 Å². The maximum absolute atomic E-state index is 12.2. The zero-order valence-electron chi connectivity index (χ0n) is 12.8. The van der Waals surface area contributed by atoms with E-state index in [2.05, 4.69) is 12.2 Å². The van der Waals surface area contributed by atoms with Crippen LogP contribution in [0.15, 0.2) is 29.2 Å². The van der Waals surface area contributed by atoms with Crippen molar-refractivity contribution in [3.05, 3.63) is 29.3 Å². The fourth-order valence-corrected chi connectivity index (χ4v) is 3.82. The average molecular weight is 345 g/mol. The number of carbonyl (C=O) groups excluding carboxylic acids is 1. The first kappa shape index (κ1) is 17.1. The van der Waals surface area contributed by atoms with Crippen LogP contribution in [-0.2, 0) is 9.84 Å². The first-order valence-electron chi connectivity index (χ1n) is 7.34. The number of carbonyl (C=O) groups is 1. The van der Waals surface area contributed by atoms with Gasteiger partial charge in [-0.05, 0) is 43.5 Å². The lowest BCUT2D eigenvalue weighted by Crippen LogP contribution is -2.44. The average Bonchev–Trinajstić information content (AvgIpc) is 2.79. The first-order valence-corrected chi connectivity index (χ1v) is 9.37. The molecule has 1 saturated heterocycles. The second kappa shape index (κ2) is 6.87. The first-order chi connectivity index (χ1) is 10.3. The molecule has 1 aliphatic heterocycles. The van der Waals surface area contributed by atoms with E-state index in [9.17, 15) is 13.2 Å². The van der Waals surface area contributed by atoms with Gasteiger partial charge in [-0.2, -0.15) is 0 Å². The summed E-state index contributed by atoms with van der Waals surface area (Å²) in [6.45, 7) is 4.95. The van der Waals surface area contributed by atoms with Crippen molar-refractivity contribution in [3.8, 4) is 0 Å². The number of halogens is 1. The largest absolute Gasteiger partial charge is 0.337 e. The van der Waals surface area contributed by atoms with Crippen molar-refractivity contribution >= 4 is 27.5 Å². The quantitative estimate of drug-likeness (QED) is 0.912. The standard InChI is InChI=1S/C15H21ClN2O3S/c1-11-7-9-18(12(11)2)15(19)17-8-10-22(20,21)14-5-3-13(16)4-6-14/h3-6,11-12H,7-10H2,1-2H3,(H,17,19). The van der Waals surface area contributed by atoms with Gasteiger partial charge in [0.25, 0.3) is 0 Å². The number of nitrogens with zero attached hydrogens (tertiary/aromatic N) is 1. The molecule has 0 aliphatic carbocycles. The van der Waals surface area contributed by atoms with Gasteiger partial charge in [0.2, 0.25) is 0 Å². The van der Waals surface area contributed by atoms with Gasteiger partial charge in [-0.1, -0.05) is 18.5 Å². The van der Waals surface area contributed by atoms with Crippen molar-refractivity contribution in [2.75, 3.05) is 18.8 Å². The molecule has 1 aliphatic rings. The fourth-order valence-electron chi connectivity index (χ4n) is 2.53. The Labute approximate surface area is 136 Å². The summed E-state index contributed by atoms with van der Waals surface area (Å²) in [6.07, 6.45) is 0.984. The molecule has 122 valence electrons. The SMILES string of the molecule is CC1CCN(C(=O)NCCS(=O)(=O)c2ccc(Cl)cc2)C1C. The number of hydrogen-bond donors (Lipinski definition) is 1. The number of amides is 2. The van der Waals surface area contributed by atoms with E-state index in [4.69, 9.17) is 11.6 Å². The van der Waals surface area contributed by atoms with Crippen LogP contribution in [0, 0.1) is 5.92 Å². The molecule has 7 heteroatoms. The number of rotatable bonds is 4. The van der Waals surface area contributed by atoms with Crippen molar-refractivity contribution in [2.45, 2.75) is 31.2 Å². The van der Waals surface area contributed by atoms with Crippen molar-refractivity contribution in [2.24, 2.45) is 5.92 Å². The number of nitrogens with one attached hydrogen (secondary N) is 1. The summed E-state index contributed by atoms with van der Waals surface area (Å²) >= 11 is 5.75. The normalized spacial score (nSPS) is 21.9. The van der Waals surface area contributed by atoms with Crippen molar-refractivity contribution in [1.82, 2.24) is 10.2 Å². The van der Waals surface area contributed by atoms with Gasteiger partial charge in [0, 0.05) is 24.2 Å². The Balaban J connectivity index is 1.88. The molecule has 0 radical (unpaired) electrons. The maximum Gasteiger partial charge on any atom is 0.317 e. The Morgan fingerprint density at radius 3 is 2.50 bits per heavy atom. The van der Waals surface area contributed by atoms with Crippen LogP contribution in [0.2, 0.25) is 5.02 Å². The molecule has 0 saturated carbocycles.